The second-order valence-corrected chi connectivity index (χ2v) is 4.55. The summed E-state index contributed by atoms with van der Waals surface area (Å²) in [6.07, 6.45) is 0.503. The van der Waals surface area contributed by atoms with Gasteiger partial charge in [0.15, 0.2) is 0 Å². The Kier molecular flexibility index (Phi) is 3.54. The number of anilines is 2. The van der Waals surface area contributed by atoms with E-state index in [0.717, 1.165) is 17.9 Å². The Morgan fingerprint density at radius 3 is 2.88 bits per heavy atom. The summed E-state index contributed by atoms with van der Waals surface area (Å²) in [5.41, 5.74) is 7.48. The van der Waals surface area contributed by atoms with Crippen LogP contribution in [0.5, 0.6) is 0 Å². The highest BCUT2D eigenvalue weighted by molar-refractivity contribution is 6.31. The first-order valence-electron chi connectivity index (χ1n) is 5.64. The van der Waals surface area contributed by atoms with E-state index in [0.29, 0.717) is 24.5 Å². The number of nitrogens with zero attached hydrogens (tertiary/aromatic N) is 2. The molecule has 0 spiro atoms. The molecule has 0 fully saturated rings. The van der Waals surface area contributed by atoms with E-state index >= 15 is 0 Å². The highest BCUT2D eigenvalue weighted by Gasteiger charge is 2.23. The summed E-state index contributed by atoms with van der Waals surface area (Å²) in [6.45, 7) is 2.02. The van der Waals surface area contributed by atoms with Gasteiger partial charge in [0.05, 0.1) is 11.4 Å². The molecule has 1 aliphatic rings. The van der Waals surface area contributed by atoms with E-state index in [9.17, 15) is 4.79 Å². The van der Waals surface area contributed by atoms with Gasteiger partial charge in [0, 0.05) is 38.1 Å². The van der Waals surface area contributed by atoms with E-state index in [-0.39, 0.29) is 5.91 Å². The zero-order valence-corrected chi connectivity index (χ0v) is 10.6. The molecule has 0 aliphatic carbocycles. The molecular weight excluding hydrogens is 238 g/mol. The predicted molar refractivity (Wildman–Crippen MR) is 70.7 cm³/mol. The SMILES string of the molecule is CN1C(=O)CCN(CCN)c2ccc(Cl)cc21. The number of amides is 1. The molecule has 0 saturated heterocycles. The van der Waals surface area contributed by atoms with Gasteiger partial charge < -0.3 is 15.5 Å². The minimum Gasteiger partial charge on any atom is -0.368 e. The van der Waals surface area contributed by atoms with Crippen molar-refractivity contribution in [1.29, 1.82) is 0 Å². The van der Waals surface area contributed by atoms with Gasteiger partial charge in [0.25, 0.3) is 0 Å². The fourth-order valence-corrected chi connectivity index (χ4v) is 2.24. The molecule has 5 heteroatoms. The maximum absolute atomic E-state index is 11.9. The van der Waals surface area contributed by atoms with Crippen molar-refractivity contribution in [2.45, 2.75) is 6.42 Å². The first-order valence-corrected chi connectivity index (χ1v) is 6.02. The second kappa shape index (κ2) is 4.94. The van der Waals surface area contributed by atoms with E-state index in [1.807, 2.05) is 18.2 Å². The molecule has 0 saturated carbocycles. The summed E-state index contributed by atoms with van der Waals surface area (Å²) in [5, 5.41) is 0.637. The van der Waals surface area contributed by atoms with Gasteiger partial charge in [-0.2, -0.15) is 0 Å². The fourth-order valence-electron chi connectivity index (χ4n) is 2.07. The third-order valence-corrected chi connectivity index (χ3v) is 3.24. The van der Waals surface area contributed by atoms with Gasteiger partial charge in [-0.25, -0.2) is 0 Å². The third kappa shape index (κ3) is 2.37. The molecule has 0 bridgehead atoms. The fraction of sp³-hybridized carbons (Fsp3) is 0.417. The number of rotatable bonds is 2. The van der Waals surface area contributed by atoms with Crippen molar-refractivity contribution in [1.82, 2.24) is 0 Å². The topological polar surface area (TPSA) is 49.6 Å². The normalized spacial score (nSPS) is 15.8. The van der Waals surface area contributed by atoms with Gasteiger partial charge >= 0.3 is 0 Å². The maximum atomic E-state index is 11.9. The Hall–Kier alpha value is -1.26. The van der Waals surface area contributed by atoms with Gasteiger partial charge in [-0.05, 0) is 18.2 Å². The van der Waals surface area contributed by atoms with Gasteiger partial charge in [-0.15, -0.1) is 0 Å². The zero-order valence-electron chi connectivity index (χ0n) is 9.82. The van der Waals surface area contributed by atoms with Crippen molar-refractivity contribution in [3.63, 3.8) is 0 Å². The highest BCUT2D eigenvalue weighted by atomic mass is 35.5. The number of fused-ring (bicyclic) bond motifs is 1. The van der Waals surface area contributed by atoms with Crippen LogP contribution in [0, 0.1) is 0 Å². The molecule has 92 valence electrons. The third-order valence-electron chi connectivity index (χ3n) is 3.01. The molecule has 0 aromatic heterocycles. The summed E-state index contributed by atoms with van der Waals surface area (Å²) >= 11 is 5.99. The minimum atomic E-state index is 0.105. The lowest BCUT2D eigenvalue weighted by molar-refractivity contribution is -0.118. The molecule has 0 radical (unpaired) electrons. The van der Waals surface area contributed by atoms with Crippen molar-refractivity contribution in [3.05, 3.63) is 23.2 Å². The Morgan fingerprint density at radius 2 is 2.18 bits per heavy atom. The number of benzene rings is 1. The molecule has 2 N–H and O–H groups in total. The molecule has 1 amide bonds. The van der Waals surface area contributed by atoms with Crippen molar-refractivity contribution in [2.75, 3.05) is 36.5 Å². The quantitative estimate of drug-likeness (QED) is 0.869. The van der Waals surface area contributed by atoms with E-state index in [1.165, 1.54) is 0 Å². The largest absolute Gasteiger partial charge is 0.368 e. The Bertz CT molecular complexity index is 436. The average Bonchev–Trinajstić information content (AvgIpc) is 2.42. The molecule has 1 aliphatic heterocycles. The second-order valence-electron chi connectivity index (χ2n) is 4.11. The van der Waals surface area contributed by atoms with Crippen molar-refractivity contribution < 1.29 is 4.79 Å². The number of carbonyl (C=O) groups is 1. The van der Waals surface area contributed by atoms with Crippen molar-refractivity contribution in [2.24, 2.45) is 5.73 Å². The van der Waals surface area contributed by atoms with Gasteiger partial charge in [0.2, 0.25) is 5.91 Å². The van der Waals surface area contributed by atoms with E-state index in [1.54, 1.807) is 11.9 Å². The number of hydrogen-bond acceptors (Lipinski definition) is 3. The first-order chi connectivity index (χ1) is 8.13. The monoisotopic (exact) mass is 253 g/mol. The van der Waals surface area contributed by atoms with Crippen LogP contribution in [0.3, 0.4) is 0 Å². The van der Waals surface area contributed by atoms with Crippen molar-refractivity contribution >= 4 is 28.9 Å². The first kappa shape index (κ1) is 12.2. The van der Waals surface area contributed by atoms with Crippen LogP contribution in [-0.2, 0) is 4.79 Å². The predicted octanol–water partition coefficient (Wildman–Crippen LogP) is 1.47. The smallest absolute Gasteiger partial charge is 0.228 e. The molecule has 1 heterocycles. The van der Waals surface area contributed by atoms with Gasteiger partial charge in [-0.3, -0.25) is 4.79 Å². The van der Waals surface area contributed by atoms with E-state index in [4.69, 9.17) is 17.3 Å². The standard InChI is InChI=1S/C12H16ClN3O/c1-15-11-8-9(13)2-3-10(11)16(7-5-14)6-4-12(15)17/h2-3,8H,4-7,14H2,1H3. The van der Waals surface area contributed by atoms with E-state index in [2.05, 4.69) is 4.90 Å². The summed E-state index contributed by atoms with van der Waals surface area (Å²) in [6, 6.07) is 5.61. The van der Waals surface area contributed by atoms with Crippen LogP contribution >= 0.6 is 11.6 Å². The van der Waals surface area contributed by atoms with Crippen LogP contribution in [0.15, 0.2) is 18.2 Å². The number of halogens is 1. The Balaban J connectivity index is 2.46. The zero-order chi connectivity index (χ0) is 12.4. The average molecular weight is 254 g/mol. The molecule has 1 aromatic rings. The molecule has 2 rings (SSSR count). The lowest BCUT2D eigenvalue weighted by Crippen LogP contribution is -2.30. The molecular formula is C12H16ClN3O. The minimum absolute atomic E-state index is 0.105. The van der Waals surface area contributed by atoms with Crippen LogP contribution < -0.4 is 15.5 Å². The van der Waals surface area contributed by atoms with Crippen LogP contribution in [0.25, 0.3) is 0 Å². The molecule has 0 atom stereocenters. The van der Waals surface area contributed by atoms with Crippen LogP contribution in [0.4, 0.5) is 11.4 Å². The van der Waals surface area contributed by atoms with Crippen molar-refractivity contribution in [3.8, 4) is 0 Å². The lowest BCUT2D eigenvalue weighted by Gasteiger charge is -2.24. The molecule has 17 heavy (non-hydrogen) atoms. The van der Waals surface area contributed by atoms with Crippen LogP contribution in [0.2, 0.25) is 5.02 Å². The molecule has 0 unspecified atom stereocenters. The van der Waals surface area contributed by atoms with Gasteiger partial charge in [0.1, 0.15) is 0 Å². The summed E-state index contributed by atoms with van der Waals surface area (Å²) in [7, 11) is 1.78. The Morgan fingerprint density at radius 1 is 1.41 bits per heavy atom. The van der Waals surface area contributed by atoms with Crippen LogP contribution in [-0.4, -0.2) is 32.6 Å². The van der Waals surface area contributed by atoms with E-state index < -0.39 is 0 Å². The van der Waals surface area contributed by atoms with Gasteiger partial charge in [-0.1, -0.05) is 11.6 Å². The Labute approximate surface area is 106 Å². The molecule has 4 nitrogen and oxygen atoms in total. The summed E-state index contributed by atoms with van der Waals surface area (Å²) in [4.78, 5) is 15.7. The maximum Gasteiger partial charge on any atom is 0.228 e. The number of hydrogen-bond donors (Lipinski definition) is 1. The molecule has 1 aromatic carbocycles. The lowest BCUT2D eigenvalue weighted by atomic mass is 10.2. The summed E-state index contributed by atoms with van der Waals surface area (Å²) in [5.74, 6) is 0.105. The number of carbonyl (C=O) groups excluding carboxylic acids is 1. The van der Waals surface area contributed by atoms with Crippen LogP contribution in [0.1, 0.15) is 6.42 Å². The number of nitrogens with two attached hydrogens (primary N) is 1. The summed E-state index contributed by atoms with van der Waals surface area (Å²) < 4.78 is 0. The highest BCUT2D eigenvalue weighted by Crippen LogP contribution is 2.34.